The van der Waals surface area contributed by atoms with Gasteiger partial charge in [-0.3, -0.25) is 0 Å². The standard InChI is InChI=1S/C55H41NS/c1-3-36(52(56)35-18-5-4-6-19-35)34(2)37-25-15-28-44-45-29-16-27-43(54(45)57-53(37)44)42-26-17-33-50-51(42)46-24-11-14-32-49(46)55(50)47-30-12-9-22-40(47)38-20-7-8-21-39(38)41-23-10-13-31-48(41)55/h4-34H,3,56H2,1-2H3/b52-36-. The number of rotatable bonds is 5. The van der Waals surface area contributed by atoms with Crippen LogP contribution >= 0.6 is 11.3 Å². The Kier molecular flexibility index (Phi) is 7.74. The van der Waals surface area contributed by atoms with Crippen molar-refractivity contribution in [3.8, 4) is 44.5 Å². The fourth-order valence-electron chi connectivity index (χ4n) is 10.4. The van der Waals surface area contributed by atoms with Crippen molar-refractivity contribution >= 4 is 37.2 Å². The van der Waals surface area contributed by atoms with Gasteiger partial charge in [-0.1, -0.05) is 196 Å². The van der Waals surface area contributed by atoms with Crippen molar-refractivity contribution in [2.24, 2.45) is 5.73 Å². The second-order valence-corrected chi connectivity index (χ2v) is 16.6. The van der Waals surface area contributed by atoms with E-state index in [1.54, 1.807) is 0 Å². The average molecular weight is 748 g/mol. The van der Waals surface area contributed by atoms with Gasteiger partial charge in [-0.25, -0.2) is 0 Å². The molecule has 0 bridgehead atoms. The lowest BCUT2D eigenvalue weighted by molar-refractivity contribution is 0.775. The quantitative estimate of drug-likeness (QED) is 0.186. The van der Waals surface area contributed by atoms with Crippen molar-refractivity contribution in [1.29, 1.82) is 0 Å². The van der Waals surface area contributed by atoms with Gasteiger partial charge >= 0.3 is 0 Å². The lowest BCUT2D eigenvalue weighted by atomic mass is 9.66. The smallest absolute Gasteiger partial charge is 0.0725 e. The summed E-state index contributed by atoms with van der Waals surface area (Å²) in [7, 11) is 0. The molecule has 57 heavy (non-hydrogen) atoms. The highest BCUT2D eigenvalue weighted by atomic mass is 32.1. The predicted molar refractivity (Wildman–Crippen MR) is 243 cm³/mol. The molecular formula is C55H41NS. The highest BCUT2D eigenvalue weighted by Crippen LogP contribution is 2.63. The molecule has 0 amide bonds. The lowest BCUT2D eigenvalue weighted by Crippen LogP contribution is -2.29. The fourth-order valence-corrected chi connectivity index (χ4v) is 11.9. The summed E-state index contributed by atoms with van der Waals surface area (Å²) in [6.07, 6.45) is 0.892. The molecule has 2 N–H and O–H groups in total. The Bertz CT molecular complexity index is 3020. The highest BCUT2D eigenvalue weighted by Gasteiger charge is 2.50. The summed E-state index contributed by atoms with van der Waals surface area (Å²) in [6.45, 7) is 4.56. The number of hydrogen-bond acceptors (Lipinski definition) is 2. The second kappa shape index (κ2) is 13.0. The van der Waals surface area contributed by atoms with Crippen LogP contribution in [-0.4, -0.2) is 0 Å². The summed E-state index contributed by atoms with van der Waals surface area (Å²) >= 11 is 1.94. The predicted octanol–water partition coefficient (Wildman–Crippen LogP) is 14.6. The van der Waals surface area contributed by atoms with Crippen LogP contribution in [0.4, 0.5) is 0 Å². The minimum Gasteiger partial charge on any atom is -0.398 e. The number of nitrogens with two attached hydrogens (primary N) is 1. The van der Waals surface area contributed by atoms with Crippen LogP contribution in [0.5, 0.6) is 0 Å². The van der Waals surface area contributed by atoms with Gasteiger partial charge in [0.05, 0.1) is 5.41 Å². The minimum absolute atomic E-state index is 0.169. The van der Waals surface area contributed by atoms with Crippen LogP contribution in [0.25, 0.3) is 70.4 Å². The molecule has 9 aromatic rings. The molecule has 1 aromatic heterocycles. The van der Waals surface area contributed by atoms with Crippen LogP contribution in [-0.2, 0) is 5.41 Å². The van der Waals surface area contributed by atoms with Gasteiger partial charge < -0.3 is 5.73 Å². The van der Waals surface area contributed by atoms with Crippen molar-refractivity contribution in [2.45, 2.75) is 31.6 Å². The Morgan fingerprint density at radius 2 is 0.947 bits per heavy atom. The highest BCUT2D eigenvalue weighted by molar-refractivity contribution is 7.26. The van der Waals surface area contributed by atoms with E-state index in [9.17, 15) is 0 Å². The van der Waals surface area contributed by atoms with Crippen molar-refractivity contribution < 1.29 is 0 Å². The van der Waals surface area contributed by atoms with E-state index in [-0.39, 0.29) is 5.92 Å². The molecule has 2 aliphatic rings. The number of benzene rings is 8. The Labute approximate surface area is 338 Å². The molecule has 1 spiro atoms. The molecule has 1 nitrogen and oxygen atoms in total. The van der Waals surface area contributed by atoms with Gasteiger partial charge in [0.2, 0.25) is 0 Å². The number of thiophene rings is 1. The maximum absolute atomic E-state index is 6.93. The van der Waals surface area contributed by atoms with E-state index < -0.39 is 5.41 Å². The van der Waals surface area contributed by atoms with Crippen LogP contribution in [0.1, 0.15) is 59.6 Å². The van der Waals surface area contributed by atoms with Crippen LogP contribution in [0.3, 0.4) is 0 Å². The van der Waals surface area contributed by atoms with E-state index >= 15 is 0 Å². The van der Waals surface area contributed by atoms with Crippen LogP contribution in [0.15, 0.2) is 188 Å². The van der Waals surface area contributed by atoms with Crippen molar-refractivity contribution in [1.82, 2.24) is 0 Å². The first kappa shape index (κ1) is 33.8. The van der Waals surface area contributed by atoms with E-state index in [1.807, 2.05) is 11.3 Å². The molecular weight excluding hydrogens is 707 g/mol. The van der Waals surface area contributed by atoms with Crippen molar-refractivity contribution in [3.05, 3.63) is 221 Å². The first-order valence-corrected chi connectivity index (χ1v) is 20.9. The maximum atomic E-state index is 6.93. The van der Waals surface area contributed by atoms with Gasteiger partial charge in [0.15, 0.2) is 0 Å². The summed E-state index contributed by atoms with van der Waals surface area (Å²) in [5.41, 5.74) is 26.7. The van der Waals surface area contributed by atoms with Crippen LogP contribution in [0, 0.1) is 0 Å². The molecule has 8 aromatic carbocycles. The minimum atomic E-state index is -0.508. The average Bonchev–Trinajstić information content (AvgIpc) is 3.78. The zero-order chi connectivity index (χ0) is 38.3. The van der Waals surface area contributed by atoms with E-state index in [0.29, 0.717) is 0 Å². The Balaban J connectivity index is 1.18. The molecule has 0 saturated carbocycles. The van der Waals surface area contributed by atoms with E-state index in [0.717, 1.165) is 17.7 Å². The van der Waals surface area contributed by atoms with E-state index in [4.69, 9.17) is 5.73 Å². The Morgan fingerprint density at radius 3 is 1.60 bits per heavy atom. The van der Waals surface area contributed by atoms with Gasteiger partial charge in [-0.2, -0.15) is 0 Å². The third-order valence-electron chi connectivity index (χ3n) is 12.9. The number of allylic oxidation sites excluding steroid dienone is 1. The maximum Gasteiger partial charge on any atom is 0.0725 e. The first-order valence-electron chi connectivity index (χ1n) is 20.1. The number of fused-ring (bicyclic) bond motifs is 15. The van der Waals surface area contributed by atoms with Crippen LogP contribution < -0.4 is 5.73 Å². The summed E-state index contributed by atoms with van der Waals surface area (Å²) in [4.78, 5) is 0. The van der Waals surface area contributed by atoms with Gasteiger partial charge in [0.1, 0.15) is 0 Å². The van der Waals surface area contributed by atoms with Crippen molar-refractivity contribution in [2.75, 3.05) is 0 Å². The number of hydrogen-bond donors (Lipinski definition) is 1. The molecule has 272 valence electrons. The van der Waals surface area contributed by atoms with Crippen LogP contribution in [0.2, 0.25) is 0 Å². The molecule has 1 heterocycles. The lowest BCUT2D eigenvalue weighted by Gasteiger charge is -2.35. The van der Waals surface area contributed by atoms with Gasteiger partial charge in [0.25, 0.3) is 0 Å². The monoisotopic (exact) mass is 747 g/mol. The van der Waals surface area contributed by atoms with Crippen molar-refractivity contribution in [3.63, 3.8) is 0 Å². The molecule has 1 atom stereocenters. The molecule has 11 rings (SSSR count). The topological polar surface area (TPSA) is 26.0 Å². The van der Waals surface area contributed by atoms with E-state index in [2.05, 4.69) is 196 Å². The zero-order valence-corrected chi connectivity index (χ0v) is 32.9. The molecule has 0 fully saturated rings. The largest absolute Gasteiger partial charge is 0.398 e. The molecule has 0 radical (unpaired) electrons. The summed E-state index contributed by atoms with van der Waals surface area (Å²) in [5, 5.41) is 2.61. The van der Waals surface area contributed by atoms with Gasteiger partial charge in [-0.15, -0.1) is 11.3 Å². The fraction of sp³-hybridized carbons (Fsp3) is 0.0909. The second-order valence-electron chi connectivity index (χ2n) is 15.5. The molecule has 0 aliphatic heterocycles. The first-order chi connectivity index (χ1) is 28.1. The van der Waals surface area contributed by atoms with Gasteiger partial charge in [0, 0.05) is 37.4 Å². The summed E-state index contributed by atoms with van der Waals surface area (Å²) < 4.78 is 2.67. The zero-order valence-electron chi connectivity index (χ0n) is 32.1. The molecule has 2 heteroatoms. The summed E-state index contributed by atoms with van der Waals surface area (Å²) in [5.74, 6) is 0.169. The summed E-state index contributed by atoms with van der Waals surface area (Å²) in [6, 6.07) is 67.7. The normalized spacial score (nSPS) is 14.3. The molecule has 1 unspecified atom stereocenters. The third-order valence-corrected chi connectivity index (χ3v) is 14.2. The third kappa shape index (κ3) is 4.74. The van der Waals surface area contributed by atoms with E-state index in [1.165, 1.54) is 98.1 Å². The molecule has 2 aliphatic carbocycles. The Morgan fingerprint density at radius 1 is 0.474 bits per heavy atom. The Hall–Kier alpha value is -6.48. The SMILES string of the molecule is CC/C(=C(/N)c1ccccc1)C(C)c1cccc2c1sc1c(-c3cccc4c3-c3ccccc3C43c4ccccc4-c4ccccc4-c4ccccc43)cccc12. The molecule has 0 saturated heterocycles. The van der Waals surface area contributed by atoms with Gasteiger partial charge in [-0.05, 0) is 84.3 Å².